The molecule has 0 saturated heterocycles. The number of nitriles is 1. The number of rotatable bonds is 14. The predicted octanol–water partition coefficient (Wildman–Crippen LogP) is 5.18. The molecule has 2 rings (SSSR count). The molecule has 1 aliphatic carbocycles. The zero-order valence-electron chi connectivity index (χ0n) is 22.6. The first kappa shape index (κ1) is 28.4. The molecule has 7 heteroatoms. The van der Waals surface area contributed by atoms with Gasteiger partial charge in [-0.05, 0) is 62.5 Å². The molecule has 2 atom stereocenters. The summed E-state index contributed by atoms with van der Waals surface area (Å²) >= 11 is 0. The Bertz CT molecular complexity index is 934. The van der Waals surface area contributed by atoms with Crippen LogP contribution in [0, 0.1) is 28.6 Å². The van der Waals surface area contributed by atoms with Crippen molar-refractivity contribution in [1.82, 2.24) is 4.90 Å². The van der Waals surface area contributed by atoms with E-state index < -0.39 is 5.41 Å². The number of allylic oxidation sites excluding steroid dienone is 2. The topological polar surface area (TPSA) is 73.2 Å². The summed E-state index contributed by atoms with van der Waals surface area (Å²) in [4.78, 5) is 2.32. The molecule has 0 N–H and O–H groups in total. The number of benzene rings is 1. The van der Waals surface area contributed by atoms with Crippen molar-refractivity contribution in [3.8, 4) is 17.6 Å². The molecular formula is C28H42N2O5. The van der Waals surface area contributed by atoms with Gasteiger partial charge in [-0.15, -0.1) is 0 Å². The molecule has 0 fully saturated rings. The maximum absolute atomic E-state index is 10.4. The molecule has 7 nitrogen and oxygen atoms in total. The molecule has 194 valence electrons. The van der Waals surface area contributed by atoms with E-state index >= 15 is 0 Å². The van der Waals surface area contributed by atoms with E-state index in [1.807, 2.05) is 18.2 Å². The van der Waals surface area contributed by atoms with E-state index in [4.69, 9.17) is 23.7 Å². The van der Waals surface area contributed by atoms with Gasteiger partial charge in [-0.2, -0.15) is 5.26 Å². The zero-order valence-corrected chi connectivity index (χ0v) is 22.6. The van der Waals surface area contributed by atoms with E-state index in [0.717, 1.165) is 49.6 Å². The van der Waals surface area contributed by atoms with Gasteiger partial charge in [0.05, 0.1) is 47.0 Å². The van der Waals surface area contributed by atoms with Crippen LogP contribution in [0.4, 0.5) is 0 Å². The van der Waals surface area contributed by atoms with Crippen molar-refractivity contribution >= 4 is 0 Å². The smallest absolute Gasteiger partial charge is 0.198 e. The molecule has 0 spiro atoms. The van der Waals surface area contributed by atoms with Crippen molar-refractivity contribution in [2.75, 3.05) is 55.7 Å². The molecule has 0 radical (unpaired) electrons. The molecule has 1 aliphatic rings. The third-order valence-electron chi connectivity index (χ3n) is 7.17. The molecule has 0 aliphatic heterocycles. The summed E-state index contributed by atoms with van der Waals surface area (Å²) < 4.78 is 27.5. The molecular weight excluding hydrogens is 444 g/mol. The quantitative estimate of drug-likeness (QED) is 0.359. The summed E-state index contributed by atoms with van der Waals surface area (Å²) in [5.41, 5.74) is 0.673. The second kappa shape index (κ2) is 13.3. The Morgan fingerprint density at radius 3 is 2.26 bits per heavy atom. The van der Waals surface area contributed by atoms with E-state index in [0.29, 0.717) is 17.9 Å². The summed E-state index contributed by atoms with van der Waals surface area (Å²) in [7, 11) is 10.3. The first-order valence-corrected chi connectivity index (χ1v) is 12.2. The first-order chi connectivity index (χ1) is 16.8. The van der Waals surface area contributed by atoms with Crippen LogP contribution in [-0.2, 0) is 20.6 Å². The van der Waals surface area contributed by atoms with E-state index in [1.54, 1.807) is 35.5 Å². The molecule has 1 aromatic carbocycles. The third-order valence-corrected chi connectivity index (χ3v) is 7.17. The fraction of sp³-hybridized carbons (Fsp3) is 0.607. The van der Waals surface area contributed by atoms with Gasteiger partial charge in [0, 0.05) is 18.9 Å². The van der Waals surface area contributed by atoms with Gasteiger partial charge >= 0.3 is 0 Å². The average molecular weight is 487 g/mol. The van der Waals surface area contributed by atoms with Crippen LogP contribution < -0.4 is 9.47 Å². The third kappa shape index (κ3) is 6.64. The molecule has 1 aromatic rings. The maximum atomic E-state index is 10.4. The number of likely N-dealkylation sites (N-methyl/N-ethyl adjacent to an activating group) is 1. The summed E-state index contributed by atoms with van der Waals surface area (Å²) in [6.07, 6.45) is 5.29. The van der Waals surface area contributed by atoms with E-state index in [9.17, 15) is 5.26 Å². The van der Waals surface area contributed by atoms with Crippen molar-refractivity contribution in [2.24, 2.45) is 17.3 Å². The Balaban J connectivity index is 2.04. The van der Waals surface area contributed by atoms with Gasteiger partial charge in [0.1, 0.15) is 5.76 Å². The Morgan fingerprint density at radius 1 is 1.00 bits per heavy atom. The minimum atomic E-state index is -0.531. The highest BCUT2D eigenvalue weighted by molar-refractivity contribution is 5.43. The van der Waals surface area contributed by atoms with Crippen molar-refractivity contribution in [2.45, 2.75) is 39.5 Å². The standard InChI is InChI=1S/C28H42N2O5/c1-20(2)28(19-29,22-17-25(33-6)27(35-8)26(18-22)34-7)13-9-14-30(3)15-12-21-10-11-23(31-4)24(16-21)32-5/h10-11,16-17,20,22H,9,12-15,18H2,1-8H3. The van der Waals surface area contributed by atoms with Crippen LogP contribution in [0.3, 0.4) is 0 Å². The predicted molar refractivity (Wildman–Crippen MR) is 137 cm³/mol. The number of hydrogen-bond acceptors (Lipinski definition) is 7. The SMILES string of the molecule is COC1=CC(C(C#N)(CCCN(C)CCc2ccc(OC)c(OC)c2)C(C)C)CC(OC)=C1OC. The first-order valence-electron chi connectivity index (χ1n) is 12.2. The van der Waals surface area contributed by atoms with Gasteiger partial charge in [-0.3, -0.25) is 0 Å². The van der Waals surface area contributed by atoms with E-state index in [-0.39, 0.29) is 11.8 Å². The van der Waals surface area contributed by atoms with Crippen LogP contribution in [0.5, 0.6) is 11.5 Å². The van der Waals surface area contributed by atoms with Crippen molar-refractivity contribution in [3.63, 3.8) is 0 Å². The minimum absolute atomic E-state index is 0.0200. The number of methoxy groups -OCH3 is 5. The van der Waals surface area contributed by atoms with Gasteiger partial charge in [-0.25, -0.2) is 0 Å². The molecule has 35 heavy (non-hydrogen) atoms. The van der Waals surface area contributed by atoms with Crippen LogP contribution in [0.2, 0.25) is 0 Å². The average Bonchev–Trinajstić information content (AvgIpc) is 2.88. The van der Waals surface area contributed by atoms with E-state index in [2.05, 4.69) is 37.9 Å². The molecule has 0 aromatic heterocycles. The molecule has 2 unspecified atom stereocenters. The Morgan fingerprint density at radius 2 is 1.71 bits per heavy atom. The fourth-order valence-electron chi connectivity index (χ4n) is 4.91. The lowest BCUT2D eigenvalue weighted by Crippen LogP contribution is -2.37. The highest BCUT2D eigenvalue weighted by atomic mass is 16.5. The van der Waals surface area contributed by atoms with Crippen LogP contribution in [0.25, 0.3) is 0 Å². The van der Waals surface area contributed by atoms with Gasteiger partial charge < -0.3 is 28.6 Å². The van der Waals surface area contributed by atoms with Crippen molar-refractivity contribution < 1.29 is 23.7 Å². The summed E-state index contributed by atoms with van der Waals surface area (Å²) in [6.45, 7) is 6.09. The van der Waals surface area contributed by atoms with E-state index in [1.165, 1.54) is 5.56 Å². The lowest BCUT2D eigenvalue weighted by molar-refractivity contribution is 0.117. The highest BCUT2D eigenvalue weighted by Gasteiger charge is 2.44. The number of hydrogen-bond donors (Lipinski definition) is 0. The van der Waals surface area contributed by atoms with Gasteiger partial charge in [0.25, 0.3) is 0 Å². The molecule has 0 saturated carbocycles. The maximum Gasteiger partial charge on any atom is 0.198 e. The van der Waals surface area contributed by atoms with Crippen LogP contribution in [0.15, 0.2) is 41.6 Å². The normalized spacial score (nSPS) is 17.5. The minimum Gasteiger partial charge on any atom is -0.497 e. The van der Waals surface area contributed by atoms with Crippen molar-refractivity contribution in [1.29, 1.82) is 5.26 Å². The number of ether oxygens (including phenoxy) is 5. The van der Waals surface area contributed by atoms with Crippen molar-refractivity contribution in [3.05, 3.63) is 47.1 Å². The van der Waals surface area contributed by atoms with Gasteiger partial charge in [-0.1, -0.05) is 19.9 Å². The van der Waals surface area contributed by atoms with Crippen LogP contribution in [-0.4, -0.2) is 60.6 Å². The zero-order chi connectivity index (χ0) is 26.0. The fourth-order valence-corrected chi connectivity index (χ4v) is 4.91. The summed E-state index contributed by atoms with van der Waals surface area (Å²) in [5.74, 6) is 3.61. The lowest BCUT2D eigenvalue weighted by atomic mass is 9.63. The summed E-state index contributed by atoms with van der Waals surface area (Å²) in [5, 5.41) is 10.4. The summed E-state index contributed by atoms with van der Waals surface area (Å²) in [6, 6.07) is 8.75. The Kier molecular flexibility index (Phi) is 10.8. The second-order valence-corrected chi connectivity index (χ2v) is 9.36. The largest absolute Gasteiger partial charge is 0.497 e. The molecule has 0 bridgehead atoms. The van der Waals surface area contributed by atoms with Crippen LogP contribution in [0.1, 0.15) is 38.7 Å². The lowest BCUT2D eigenvalue weighted by Gasteiger charge is -2.39. The highest BCUT2D eigenvalue weighted by Crippen LogP contribution is 2.47. The molecule has 0 amide bonds. The number of nitrogens with zero attached hydrogens (tertiary/aromatic N) is 2. The second-order valence-electron chi connectivity index (χ2n) is 9.36. The van der Waals surface area contributed by atoms with Crippen LogP contribution >= 0.6 is 0 Å². The molecule has 0 heterocycles. The monoisotopic (exact) mass is 486 g/mol. The Hall–Kier alpha value is -2.85. The van der Waals surface area contributed by atoms with Gasteiger partial charge in [0.2, 0.25) is 0 Å². The van der Waals surface area contributed by atoms with Gasteiger partial charge in [0.15, 0.2) is 23.0 Å². The Labute approximate surface area is 211 Å².